The van der Waals surface area contributed by atoms with Gasteiger partial charge in [-0.15, -0.1) is 0 Å². The second-order valence-electron chi connectivity index (χ2n) is 9.92. The molecule has 4 amide bonds. The van der Waals surface area contributed by atoms with Crippen LogP contribution in [-0.2, 0) is 9.59 Å². The Kier molecular flexibility index (Phi) is 6.97. The first-order valence-electron chi connectivity index (χ1n) is 13.2. The van der Waals surface area contributed by atoms with Crippen molar-refractivity contribution in [2.24, 2.45) is 0 Å². The minimum absolute atomic E-state index is 0.0102. The lowest BCUT2D eigenvalue weighted by Gasteiger charge is -2.26. The number of carbonyl (C=O) groups is 3. The first-order valence-corrected chi connectivity index (χ1v) is 13.2. The second-order valence-corrected chi connectivity index (χ2v) is 9.92. The van der Waals surface area contributed by atoms with Gasteiger partial charge in [0.25, 0.3) is 17.5 Å². The molecule has 3 aromatic carbocycles. The fraction of sp³-hybridized carbons (Fsp3) is 0.100. The first-order chi connectivity index (χ1) is 21.5. The minimum Gasteiger partial charge on any atom is -0.454 e. The molecular formula is C30H21N5O10. The van der Waals surface area contributed by atoms with Gasteiger partial charge < -0.3 is 18.8 Å². The number of nitrogens with one attached hydrogen (secondary N) is 1. The molecule has 3 heterocycles. The Hall–Kier alpha value is -6.51. The van der Waals surface area contributed by atoms with Gasteiger partial charge in [-0.1, -0.05) is 0 Å². The topological polar surface area (TPSA) is 185 Å². The number of rotatable bonds is 7. The summed E-state index contributed by atoms with van der Waals surface area (Å²) >= 11 is 0. The lowest BCUT2D eigenvalue weighted by molar-refractivity contribution is -0.394. The number of amides is 4. The summed E-state index contributed by atoms with van der Waals surface area (Å²) in [7, 11) is 0. The molecule has 0 spiro atoms. The normalized spacial score (nSPS) is 14.9. The van der Waals surface area contributed by atoms with Gasteiger partial charge in [-0.2, -0.15) is 0 Å². The number of aromatic nitrogens is 1. The summed E-state index contributed by atoms with van der Waals surface area (Å²) in [6.45, 7) is 3.62. The smallest absolute Gasteiger partial charge is 0.335 e. The van der Waals surface area contributed by atoms with Crippen molar-refractivity contribution in [2.75, 3.05) is 11.7 Å². The molecule has 1 aromatic heterocycles. The van der Waals surface area contributed by atoms with Crippen LogP contribution >= 0.6 is 0 Å². The van der Waals surface area contributed by atoms with Crippen molar-refractivity contribution in [1.29, 1.82) is 0 Å². The van der Waals surface area contributed by atoms with Gasteiger partial charge in [0.05, 0.1) is 21.6 Å². The van der Waals surface area contributed by atoms with Crippen LogP contribution in [0.4, 0.5) is 21.9 Å². The zero-order valence-electron chi connectivity index (χ0n) is 23.5. The highest BCUT2D eigenvalue weighted by Crippen LogP contribution is 2.37. The molecule has 2 aliphatic rings. The van der Waals surface area contributed by atoms with Crippen LogP contribution < -0.4 is 24.4 Å². The van der Waals surface area contributed by atoms with Crippen molar-refractivity contribution in [3.8, 4) is 28.7 Å². The highest BCUT2D eigenvalue weighted by atomic mass is 16.7. The number of nitro groups is 2. The van der Waals surface area contributed by atoms with Gasteiger partial charge in [0, 0.05) is 29.2 Å². The molecule has 45 heavy (non-hydrogen) atoms. The summed E-state index contributed by atoms with van der Waals surface area (Å²) in [6.07, 6.45) is 1.41. The molecule has 0 saturated carbocycles. The van der Waals surface area contributed by atoms with Crippen LogP contribution in [0.5, 0.6) is 23.0 Å². The molecular weight excluding hydrogens is 590 g/mol. The molecule has 0 aliphatic carbocycles. The molecule has 4 aromatic rings. The average molecular weight is 612 g/mol. The molecule has 226 valence electrons. The van der Waals surface area contributed by atoms with Crippen LogP contribution in [0.2, 0.25) is 0 Å². The van der Waals surface area contributed by atoms with Gasteiger partial charge >= 0.3 is 11.7 Å². The van der Waals surface area contributed by atoms with Gasteiger partial charge in [-0.05, 0) is 74.0 Å². The summed E-state index contributed by atoms with van der Waals surface area (Å²) in [5, 5.41) is 24.7. The fourth-order valence-corrected chi connectivity index (χ4v) is 5.04. The number of barbiturate groups is 1. The summed E-state index contributed by atoms with van der Waals surface area (Å²) in [5.41, 5.74) is 1.62. The zero-order valence-corrected chi connectivity index (χ0v) is 23.5. The second kappa shape index (κ2) is 11.0. The Bertz CT molecular complexity index is 1980. The Morgan fingerprint density at radius 3 is 2.29 bits per heavy atom. The van der Waals surface area contributed by atoms with Crippen molar-refractivity contribution < 1.29 is 38.4 Å². The number of nitro benzene ring substituents is 2. The summed E-state index contributed by atoms with van der Waals surface area (Å²) in [4.78, 5) is 60.7. The number of nitrogens with zero attached hydrogens (tertiary/aromatic N) is 4. The largest absolute Gasteiger partial charge is 0.454 e. The number of urea groups is 1. The van der Waals surface area contributed by atoms with E-state index in [2.05, 4.69) is 5.32 Å². The molecule has 6 rings (SSSR count). The number of non-ortho nitro benzene ring substituents is 1. The molecule has 15 heteroatoms. The fourth-order valence-electron chi connectivity index (χ4n) is 5.04. The van der Waals surface area contributed by atoms with E-state index in [0.717, 1.165) is 28.8 Å². The Labute approximate surface area is 253 Å². The van der Waals surface area contributed by atoms with Crippen LogP contribution in [0.1, 0.15) is 17.0 Å². The summed E-state index contributed by atoms with van der Waals surface area (Å²) < 4.78 is 18.1. The molecule has 1 saturated heterocycles. The van der Waals surface area contributed by atoms with Crippen LogP contribution in [0.3, 0.4) is 0 Å². The van der Waals surface area contributed by atoms with Crippen molar-refractivity contribution in [3.05, 3.63) is 109 Å². The highest BCUT2D eigenvalue weighted by Gasteiger charge is 2.37. The third-order valence-electron chi connectivity index (χ3n) is 7.16. The van der Waals surface area contributed by atoms with E-state index in [4.69, 9.17) is 14.2 Å². The van der Waals surface area contributed by atoms with E-state index in [1.54, 1.807) is 43.3 Å². The van der Waals surface area contributed by atoms with Crippen LogP contribution in [0.15, 0.2) is 72.3 Å². The maximum Gasteiger partial charge on any atom is 0.335 e. The van der Waals surface area contributed by atoms with Crippen molar-refractivity contribution in [1.82, 2.24) is 9.88 Å². The number of ether oxygens (including phenoxy) is 3. The predicted molar refractivity (Wildman–Crippen MR) is 157 cm³/mol. The molecule has 0 radical (unpaired) electrons. The van der Waals surface area contributed by atoms with Gasteiger partial charge in [0.1, 0.15) is 11.3 Å². The Morgan fingerprint density at radius 2 is 1.58 bits per heavy atom. The van der Waals surface area contributed by atoms with Crippen molar-refractivity contribution in [2.45, 2.75) is 13.8 Å². The predicted octanol–water partition coefficient (Wildman–Crippen LogP) is 5.10. The zero-order chi connectivity index (χ0) is 32.0. The van der Waals surface area contributed by atoms with E-state index in [9.17, 15) is 34.6 Å². The lowest BCUT2D eigenvalue weighted by Crippen LogP contribution is -2.54. The standard InChI is InChI=1S/C30H21N5O10/c1-16-11-18(12-23-28(36)31-30(38)33(29(23)37)20-5-10-26-27(14-20)44-15-43-26)17(2)32(16)19-3-7-22(8-4-19)45-25-9-6-21(34(39)40)13-24(25)35(41)42/h3-14H,15H2,1-2H3,(H,31,36,38)/b23-12+. The highest BCUT2D eigenvalue weighted by molar-refractivity contribution is 6.39. The minimum atomic E-state index is -0.896. The van der Waals surface area contributed by atoms with E-state index < -0.39 is 39.1 Å². The van der Waals surface area contributed by atoms with E-state index in [1.165, 1.54) is 18.2 Å². The Morgan fingerprint density at radius 1 is 0.867 bits per heavy atom. The number of benzene rings is 3. The van der Waals surface area contributed by atoms with Crippen LogP contribution in [0, 0.1) is 34.1 Å². The van der Waals surface area contributed by atoms with Crippen LogP contribution in [-0.4, -0.2) is 39.1 Å². The van der Waals surface area contributed by atoms with E-state index >= 15 is 0 Å². The van der Waals surface area contributed by atoms with Crippen molar-refractivity contribution in [3.63, 3.8) is 0 Å². The molecule has 0 atom stereocenters. The molecule has 0 unspecified atom stereocenters. The number of carbonyl (C=O) groups excluding carboxylic acids is 3. The van der Waals surface area contributed by atoms with Crippen molar-refractivity contribution >= 4 is 41.0 Å². The number of hydrogen-bond acceptors (Lipinski definition) is 10. The average Bonchev–Trinajstić information content (AvgIpc) is 3.58. The molecule has 0 bridgehead atoms. The third-order valence-corrected chi connectivity index (χ3v) is 7.16. The van der Waals surface area contributed by atoms with Crippen LogP contribution in [0.25, 0.3) is 11.8 Å². The molecule has 1 N–H and O–H groups in total. The summed E-state index contributed by atoms with van der Waals surface area (Å²) in [5.74, 6) is -0.734. The maximum absolute atomic E-state index is 13.4. The Balaban J connectivity index is 1.27. The number of hydrogen-bond donors (Lipinski definition) is 1. The quantitative estimate of drug-likeness (QED) is 0.128. The van der Waals surface area contributed by atoms with Gasteiger partial charge in [0.2, 0.25) is 12.5 Å². The molecule has 1 fully saturated rings. The number of anilines is 1. The molecule has 15 nitrogen and oxygen atoms in total. The van der Waals surface area contributed by atoms with Gasteiger partial charge in [-0.3, -0.25) is 35.1 Å². The van der Waals surface area contributed by atoms with Gasteiger partial charge in [0.15, 0.2) is 11.5 Å². The number of fused-ring (bicyclic) bond motifs is 1. The third kappa shape index (κ3) is 5.18. The monoisotopic (exact) mass is 611 g/mol. The molecule has 2 aliphatic heterocycles. The first kappa shape index (κ1) is 28.6. The van der Waals surface area contributed by atoms with E-state index in [-0.39, 0.29) is 29.6 Å². The summed E-state index contributed by atoms with van der Waals surface area (Å²) in [6, 6.07) is 15.1. The van der Waals surface area contributed by atoms with E-state index in [0.29, 0.717) is 28.4 Å². The maximum atomic E-state index is 13.4. The van der Waals surface area contributed by atoms with Gasteiger partial charge in [-0.25, -0.2) is 9.69 Å². The number of imide groups is 2. The lowest BCUT2D eigenvalue weighted by atomic mass is 10.1. The SMILES string of the molecule is Cc1cc(/C=C2\C(=O)NC(=O)N(c3ccc4c(c3)OCO4)C2=O)c(C)n1-c1ccc(Oc2ccc([N+](=O)[O-])cc2[N+](=O)[O-])cc1. The number of aryl methyl sites for hydroxylation is 1. The van der Waals surface area contributed by atoms with E-state index in [1.807, 2.05) is 11.5 Å².